The molecular formula is C14H17ClN2O3. The van der Waals surface area contributed by atoms with Gasteiger partial charge in [-0.3, -0.25) is 4.68 Å². The molecule has 1 heterocycles. The van der Waals surface area contributed by atoms with E-state index < -0.39 is 0 Å². The maximum atomic E-state index is 9.38. The summed E-state index contributed by atoms with van der Waals surface area (Å²) >= 11 is 5.95. The summed E-state index contributed by atoms with van der Waals surface area (Å²) in [4.78, 5) is 0. The van der Waals surface area contributed by atoms with Crippen LogP contribution >= 0.6 is 11.6 Å². The second-order valence-corrected chi connectivity index (χ2v) is 4.81. The molecular weight excluding hydrogens is 280 g/mol. The lowest BCUT2D eigenvalue weighted by atomic mass is 10.2. The van der Waals surface area contributed by atoms with Crippen molar-refractivity contribution in [2.75, 3.05) is 13.7 Å². The number of aliphatic hydroxyl groups excluding tert-OH is 1. The highest BCUT2D eigenvalue weighted by molar-refractivity contribution is 6.30. The normalized spacial score (nSPS) is 10.6. The van der Waals surface area contributed by atoms with E-state index >= 15 is 0 Å². The zero-order chi connectivity index (χ0) is 14.5. The number of halogens is 1. The van der Waals surface area contributed by atoms with Crippen LogP contribution in [0.2, 0.25) is 5.02 Å². The van der Waals surface area contributed by atoms with E-state index in [1.54, 1.807) is 30.1 Å². The predicted octanol–water partition coefficient (Wildman–Crippen LogP) is 2.20. The highest BCUT2D eigenvalue weighted by Crippen LogP contribution is 2.34. The predicted molar refractivity (Wildman–Crippen MR) is 76.3 cm³/mol. The molecule has 0 atom stereocenters. The number of hydrogen-bond donors (Lipinski definition) is 1. The van der Waals surface area contributed by atoms with Gasteiger partial charge in [-0.2, -0.15) is 5.10 Å². The molecule has 0 bridgehead atoms. The SMILES string of the molecule is COc1cc(Cl)cc(CO)c1OCCc1cnn(C)c1. The van der Waals surface area contributed by atoms with Gasteiger partial charge in [-0.05, 0) is 11.6 Å². The Balaban J connectivity index is 2.08. The smallest absolute Gasteiger partial charge is 0.166 e. The second-order valence-electron chi connectivity index (χ2n) is 4.38. The summed E-state index contributed by atoms with van der Waals surface area (Å²) in [6, 6.07) is 3.34. The molecule has 0 radical (unpaired) electrons. The quantitative estimate of drug-likeness (QED) is 0.888. The molecule has 0 fully saturated rings. The van der Waals surface area contributed by atoms with Crippen LogP contribution in [0.1, 0.15) is 11.1 Å². The molecule has 20 heavy (non-hydrogen) atoms. The van der Waals surface area contributed by atoms with E-state index in [9.17, 15) is 5.11 Å². The maximum Gasteiger partial charge on any atom is 0.166 e. The minimum Gasteiger partial charge on any atom is -0.493 e. The number of methoxy groups -OCH3 is 1. The summed E-state index contributed by atoms with van der Waals surface area (Å²) in [5, 5.41) is 14.0. The van der Waals surface area contributed by atoms with Crippen LogP contribution in [-0.2, 0) is 20.1 Å². The van der Waals surface area contributed by atoms with Crippen LogP contribution < -0.4 is 9.47 Å². The largest absolute Gasteiger partial charge is 0.493 e. The molecule has 0 saturated heterocycles. The Morgan fingerprint density at radius 3 is 2.80 bits per heavy atom. The summed E-state index contributed by atoms with van der Waals surface area (Å²) < 4.78 is 12.7. The molecule has 1 aromatic carbocycles. The Bertz CT molecular complexity index is 559. The molecule has 2 aromatic rings. The van der Waals surface area contributed by atoms with Crippen LogP contribution in [-0.4, -0.2) is 28.6 Å². The Hall–Kier alpha value is -1.72. The molecule has 0 amide bonds. The number of aromatic nitrogens is 2. The number of aryl methyl sites for hydroxylation is 1. The molecule has 0 aliphatic carbocycles. The van der Waals surface area contributed by atoms with Crippen LogP contribution in [0.15, 0.2) is 24.5 Å². The third-order valence-electron chi connectivity index (χ3n) is 2.88. The third-order valence-corrected chi connectivity index (χ3v) is 3.10. The van der Waals surface area contributed by atoms with Gasteiger partial charge in [-0.15, -0.1) is 0 Å². The van der Waals surface area contributed by atoms with Gasteiger partial charge in [0.1, 0.15) is 0 Å². The third kappa shape index (κ3) is 3.43. The molecule has 0 spiro atoms. The van der Waals surface area contributed by atoms with Crippen molar-refractivity contribution >= 4 is 11.6 Å². The Morgan fingerprint density at radius 2 is 2.20 bits per heavy atom. The average molecular weight is 297 g/mol. The minimum absolute atomic E-state index is 0.154. The standard InChI is InChI=1S/C14H17ClN2O3/c1-17-8-10(7-16-17)3-4-20-14-11(9-18)5-12(15)6-13(14)19-2/h5-8,18H,3-4,9H2,1-2H3. The molecule has 0 aliphatic rings. The molecule has 0 unspecified atom stereocenters. The zero-order valence-electron chi connectivity index (χ0n) is 11.5. The van der Waals surface area contributed by atoms with Crippen molar-refractivity contribution in [1.82, 2.24) is 9.78 Å². The van der Waals surface area contributed by atoms with Crippen LogP contribution in [0.25, 0.3) is 0 Å². The molecule has 1 aromatic heterocycles. The summed E-state index contributed by atoms with van der Waals surface area (Å²) in [6.07, 6.45) is 4.47. The number of hydrogen-bond acceptors (Lipinski definition) is 4. The lowest BCUT2D eigenvalue weighted by Gasteiger charge is -2.14. The summed E-state index contributed by atoms with van der Waals surface area (Å²) in [5.41, 5.74) is 1.70. The van der Waals surface area contributed by atoms with Crippen molar-refractivity contribution in [3.8, 4) is 11.5 Å². The van der Waals surface area contributed by atoms with Gasteiger partial charge in [-0.25, -0.2) is 0 Å². The maximum absolute atomic E-state index is 9.38. The van der Waals surface area contributed by atoms with Gasteiger partial charge in [0.2, 0.25) is 0 Å². The van der Waals surface area contributed by atoms with E-state index in [1.807, 2.05) is 13.2 Å². The summed E-state index contributed by atoms with van der Waals surface area (Å²) in [6.45, 7) is 0.315. The summed E-state index contributed by atoms with van der Waals surface area (Å²) in [5.74, 6) is 1.05. The van der Waals surface area contributed by atoms with Gasteiger partial charge >= 0.3 is 0 Å². The molecule has 0 saturated carbocycles. The van der Waals surface area contributed by atoms with E-state index in [2.05, 4.69) is 5.10 Å². The van der Waals surface area contributed by atoms with Crippen molar-refractivity contribution in [1.29, 1.82) is 0 Å². The topological polar surface area (TPSA) is 56.5 Å². The monoisotopic (exact) mass is 296 g/mol. The van der Waals surface area contributed by atoms with Crippen LogP contribution in [0.5, 0.6) is 11.5 Å². The van der Waals surface area contributed by atoms with Gasteiger partial charge in [0, 0.05) is 36.3 Å². The number of rotatable bonds is 6. The first-order valence-electron chi connectivity index (χ1n) is 6.21. The fourth-order valence-electron chi connectivity index (χ4n) is 1.93. The van der Waals surface area contributed by atoms with Crippen LogP contribution in [0.3, 0.4) is 0 Å². The Labute approximate surface area is 122 Å². The van der Waals surface area contributed by atoms with Crippen molar-refractivity contribution < 1.29 is 14.6 Å². The average Bonchev–Trinajstić information content (AvgIpc) is 2.85. The number of nitrogens with zero attached hydrogens (tertiary/aromatic N) is 2. The van der Waals surface area contributed by atoms with Crippen molar-refractivity contribution in [3.05, 3.63) is 40.7 Å². The highest BCUT2D eigenvalue weighted by atomic mass is 35.5. The Kier molecular flexibility index (Phi) is 4.87. The fourth-order valence-corrected chi connectivity index (χ4v) is 2.16. The molecule has 6 heteroatoms. The van der Waals surface area contributed by atoms with E-state index in [4.69, 9.17) is 21.1 Å². The second kappa shape index (κ2) is 6.63. The first-order chi connectivity index (χ1) is 9.63. The van der Waals surface area contributed by atoms with Gasteiger partial charge < -0.3 is 14.6 Å². The van der Waals surface area contributed by atoms with Gasteiger partial charge in [0.05, 0.1) is 26.5 Å². The van der Waals surface area contributed by atoms with Crippen molar-refractivity contribution in [2.24, 2.45) is 7.05 Å². The lowest BCUT2D eigenvalue weighted by molar-refractivity contribution is 0.256. The van der Waals surface area contributed by atoms with Crippen molar-refractivity contribution in [3.63, 3.8) is 0 Å². The lowest BCUT2D eigenvalue weighted by Crippen LogP contribution is -2.05. The van der Waals surface area contributed by atoms with Gasteiger partial charge in [0.25, 0.3) is 0 Å². The number of benzene rings is 1. The fraction of sp³-hybridized carbons (Fsp3) is 0.357. The first kappa shape index (κ1) is 14.7. The van der Waals surface area contributed by atoms with Gasteiger partial charge in [-0.1, -0.05) is 11.6 Å². The molecule has 5 nitrogen and oxygen atoms in total. The minimum atomic E-state index is -0.154. The number of ether oxygens (including phenoxy) is 2. The highest BCUT2D eigenvalue weighted by Gasteiger charge is 2.12. The zero-order valence-corrected chi connectivity index (χ0v) is 12.2. The molecule has 1 N–H and O–H groups in total. The first-order valence-corrected chi connectivity index (χ1v) is 6.59. The number of aliphatic hydroxyl groups is 1. The Morgan fingerprint density at radius 1 is 1.40 bits per heavy atom. The summed E-state index contributed by atoms with van der Waals surface area (Å²) in [7, 11) is 3.41. The molecule has 0 aliphatic heterocycles. The van der Waals surface area contributed by atoms with E-state index in [0.717, 1.165) is 12.0 Å². The molecule has 108 valence electrons. The van der Waals surface area contributed by atoms with Crippen LogP contribution in [0, 0.1) is 0 Å². The van der Waals surface area contributed by atoms with E-state index in [1.165, 1.54) is 0 Å². The molecule has 2 rings (SSSR count). The van der Waals surface area contributed by atoms with Crippen molar-refractivity contribution in [2.45, 2.75) is 13.0 Å². The van der Waals surface area contributed by atoms with E-state index in [0.29, 0.717) is 28.7 Å². The van der Waals surface area contributed by atoms with E-state index in [-0.39, 0.29) is 6.61 Å². The van der Waals surface area contributed by atoms with Gasteiger partial charge in [0.15, 0.2) is 11.5 Å². The van der Waals surface area contributed by atoms with Crippen LogP contribution in [0.4, 0.5) is 0 Å².